The Morgan fingerprint density at radius 1 is 1.32 bits per heavy atom. The number of carbonyl (C=O) groups excluding carboxylic acids is 1. The average molecular weight is 352 g/mol. The molecule has 2 aliphatic heterocycles. The van der Waals surface area contributed by atoms with Crippen molar-refractivity contribution in [1.29, 1.82) is 0 Å². The standard InChI is InChI=1S/C19H37N5O/c1-15(2)24-17(25)13-23(14-19(24,3)4)18(20-5)21-10-7-16-8-11-22(6)12-9-16/h15-16H,7-14H2,1-6H3,(H,20,21). The summed E-state index contributed by atoms with van der Waals surface area (Å²) in [5.74, 6) is 1.85. The fourth-order valence-corrected chi connectivity index (χ4v) is 4.38. The molecular formula is C19H37N5O. The van der Waals surface area contributed by atoms with Crippen molar-refractivity contribution >= 4 is 11.9 Å². The Balaban J connectivity index is 1.87. The van der Waals surface area contributed by atoms with Crippen molar-refractivity contribution in [2.45, 2.75) is 58.5 Å². The zero-order chi connectivity index (χ0) is 18.6. The van der Waals surface area contributed by atoms with Crippen LogP contribution in [-0.4, -0.2) is 85.0 Å². The van der Waals surface area contributed by atoms with Gasteiger partial charge in [-0.15, -0.1) is 0 Å². The summed E-state index contributed by atoms with van der Waals surface area (Å²) in [7, 11) is 4.01. The number of likely N-dealkylation sites (tertiary alicyclic amines) is 1. The van der Waals surface area contributed by atoms with E-state index in [0.717, 1.165) is 25.0 Å². The molecule has 2 heterocycles. The topological polar surface area (TPSA) is 51.2 Å². The fraction of sp³-hybridized carbons (Fsp3) is 0.895. The first-order valence-electron chi connectivity index (χ1n) is 9.71. The van der Waals surface area contributed by atoms with E-state index >= 15 is 0 Å². The third kappa shape index (κ3) is 5.09. The van der Waals surface area contributed by atoms with Crippen LogP contribution in [0.15, 0.2) is 4.99 Å². The highest BCUT2D eigenvalue weighted by Gasteiger charge is 2.40. The maximum Gasteiger partial charge on any atom is 0.242 e. The zero-order valence-electron chi connectivity index (χ0n) is 17.0. The van der Waals surface area contributed by atoms with E-state index in [1.165, 1.54) is 32.4 Å². The number of nitrogens with one attached hydrogen (secondary N) is 1. The van der Waals surface area contributed by atoms with Crippen molar-refractivity contribution in [3.05, 3.63) is 0 Å². The summed E-state index contributed by atoms with van der Waals surface area (Å²) >= 11 is 0. The second-order valence-electron chi connectivity index (χ2n) is 8.54. The lowest BCUT2D eigenvalue weighted by Crippen LogP contribution is -2.66. The van der Waals surface area contributed by atoms with Crippen molar-refractivity contribution in [3.8, 4) is 0 Å². The quantitative estimate of drug-likeness (QED) is 0.618. The number of aliphatic imine (C=N–C) groups is 1. The van der Waals surface area contributed by atoms with Gasteiger partial charge >= 0.3 is 0 Å². The van der Waals surface area contributed by atoms with E-state index in [1.807, 2.05) is 11.9 Å². The minimum atomic E-state index is -0.185. The third-order valence-corrected chi connectivity index (χ3v) is 5.53. The first kappa shape index (κ1) is 20.0. The number of nitrogens with zero attached hydrogens (tertiary/aromatic N) is 4. The SMILES string of the molecule is CN=C(NCCC1CCN(C)CC1)N1CC(=O)N(C(C)C)C(C)(C)C1. The van der Waals surface area contributed by atoms with Gasteiger partial charge in [0.15, 0.2) is 5.96 Å². The highest BCUT2D eigenvalue weighted by Crippen LogP contribution is 2.24. The van der Waals surface area contributed by atoms with Gasteiger partial charge in [-0.05, 0) is 73.0 Å². The largest absolute Gasteiger partial charge is 0.356 e. The van der Waals surface area contributed by atoms with Crippen LogP contribution in [0.5, 0.6) is 0 Å². The molecule has 2 rings (SSSR count). The first-order valence-corrected chi connectivity index (χ1v) is 9.71. The zero-order valence-corrected chi connectivity index (χ0v) is 17.0. The van der Waals surface area contributed by atoms with Crippen LogP contribution in [0.3, 0.4) is 0 Å². The van der Waals surface area contributed by atoms with Crippen molar-refractivity contribution < 1.29 is 4.79 Å². The van der Waals surface area contributed by atoms with Crippen LogP contribution < -0.4 is 5.32 Å². The van der Waals surface area contributed by atoms with Crippen molar-refractivity contribution in [2.24, 2.45) is 10.9 Å². The molecule has 2 saturated heterocycles. The number of piperidine rings is 1. The molecule has 1 amide bonds. The van der Waals surface area contributed by atoms with Gasteiger partial charge < -0.3 is 20.0 Å². The first-order chi connectivity index (χ1) is 11.7. The summed E-state index contributed by atoms with van der Waals surface area (Å²) in [5, 5.41) is 3.49. The lowest BCUT2D eigenvalue weighted by atomic mass is 9.94. The molecule has 25 heavy (non-hydrogen) atoms. The molecule has 0 aromatic rings. The van der Waals surface area contributed by atoms with Crippen LogP contribution in [0.1, 0.15) is 47.0 Å². The molecular weight excluding hydrogens is 314 g/mol. The van der Waals surface area contributed by atoms with Gasteiger partial charge in [-0.2, -0.15) is 0 Å². The van der Waals surface area contributed by atoms with E-state index in [0.29, 0.717) is 6.54 Å². The normalized spacial score (nSPS) is 23.5. The summed E-state index contributed by atoms with van der Waals surface area (Å²) in [6, 6.07) is 0.226. The number of hydrogen-bond donors (Lipinski definition) is 1. The van der Waals surface area contributed by atoms with Gasteiger partial charge in [0.05, 0.1) is 12.1 Å². The van der Waals surface area contributed by atoms with Crippen LogP contribution in [0, 0.1) is 5.92 Å². The maximum atomic E-state index is 12.6. The Morgan fingerprint density at radius 3 is 2.48 bits per heavy atom. The van der Waals surface area contributed by atoms with Crippen LogP contribution in [0.4, 0.5) is 0 Å². The van der Waals surface area contributed by atoms with E-state index in [4.69, 9.17) is 0 Å². The summed E-state index contributed by atoms with van der Waals surface area (Å²) < 4.78 is 0. The average Bonchev–Trinajstić information content (AvgIpc) is 2.51. The predicted octanol–water partition coefficient (Wildman–Crippen LogP) is 1.62. The maximum absolute atomic E-state index is 12.6. The highest BCUT2D eigenvalue weighted by atomic mass is 16.2. The second-order valence-corrected chi connectivity index (χ2v) is 8.54. The van der Waals surface area contributed by atoms with Gasteiger partial charge in [-0.1, -0.05) is 0 Å². The summed E-state index contributed by atoms with van der Waals surface area (Å²) in [6.45, 7) is 13.0. The Kier molecular flexibility index (Phi) is 6.72. The van der Waals surface area contributed by atoms with E-state index in [2.05, 4.69) is 54.9 Å². The summed E-state index contributed by atoms with van der Waals surface area (Å²) in [5.41, 5.74) is -0.185. The predicted molar refractivity (Wildman–Crippen MR) is 104 cm³/mol. The number of carbonyl (C=O) groups is 1. The number of piperazine rings is 1. The molecule has 0 radical (unpaired) electrons. The highest BCUT2D eigenvalue weighted by molar-refractivity contribution is 5.88. The van der Waals surface area contributed by atoms with Crippen molar-refractivity contribution in [3.63, 3.8) is 0 Å². The Labute approximate surface area is 153 Å². The minimum Gasteiger partial charge on any atom is -0.356 e. The molecule has 0 spiro atoms. The molecule has 0 saturated carbocycles. The summed E-state index contributed by atoms with van der Waals surface area (Å²) in [4.78, 5) is 23.6. The van der Waals surface area contributed by atoms with Crippen molar-refractivity contribution in [1.82, 2.24) is 20.0 Å². The Bertz CT molecular complexity index is 480. The molecule has 6 nitrogen and oxygen atoms in total. The van der Waals surface area contributed by atoms with Crippen LogP contribution >= 0.6 is 0 Å². The molecule has 0 aliphatic carbocycles. The lowest BCUT2D eigenvalue weighted by molar-refractivity contribution is -0.145. The fourth-order valence-electron chi connectivity index (χ4n) is 4.38. The number of guanidine groups is 1. The van der Waals surface area contributed by atoms with Crippen LogP contribution in [-0.2, 0) is 4.79 Å². The molecule has 2 fully saturated rings. The van der Waals surface area contributed by atoms with Gasteiger partial charge in [0, 0.05) is 26.2 Å². The summed E-state index contributed by atoms with van der Waals surface area (Å²) in [6.07, 6.45) is 3.75. The van der Waals surface area contributed by atoms with Crippen molar-refractivity contribution in [2.75, 3.05) is 46.8 Å². The van der Waals surface area contributed by atoms with Gasteiger partial charge in [-0.3, -0.25) is 9.79 Å². The molecule has 0 unspecified atom stereocenters. The molecule has 0 bridgehead atoms. The molecule has 0 atom stereocenters. The molecule has 2 aliphatic rings. The van der Waals surface area contributed by atoms with E-state index < -0.39 is 0 Å². The molecule has 0 aromatic heterocycles. The Morgan fingerprint density at radius 2 is 1.96 bits per heavy atom. The molecule has 144 valence electrons. The van der Waals surface area contributed by atoms with Gasteiger partial charge in [0.25, 0.3) is 0 Å². The van der Waals surface area contributed by atoms with Gasteiger partial charge in [0.1, 0.15) is 0 Å². The number of hydrogen-bond acceptors (Lipinski definition) is 3. The second kappa shape index (κ2) is 8.39. The van der Waals surface area contributed by atoms with Gasteiger partial charge in [0.2, 0.25) is 5.91 Å². The van der Waals surface area contributed by atoms with Crippen LogP contribution in [0.25, 0.3) is 0 Å². The molecule has 0 aromatic carbocycles. The smallest absolute Gasteiger partial charge is 0.242 e. The monoisotopic (exact) mass is 351 g/mol. The number of amides is 1. The Hall–Kier alpha value is -1.30. The van der Waals surface area contributed by atoms with Crippen LogP contribution in [0.2, 0.25) is 0 Å². The lowest BCUT2D eigenvalue weighted by Gasteiger charge is -2.49. The minimum absolute atomic E-state index is 0.185. The third-order valence-electron chi connectivity index (χ3n) is 5.53. The molecule has 1 N–H and O–H groups in total. The van der Waals surface area contributed by atoms with E-state index in [9.17, 15) is 4.79 Å². The van der Waals surface area contributed by atoms with Gasteiger partial charge in [-0.25, -0.2) is 0 Å². The van der Waals surface area contributed by atoms with E-state index in [1.54, 1.807) is 0 Å². The van der Waals surface area contributed by atoms with E-state index in [-0.39, 0.29) is 17.5 Å². The molecule has 6 heteroatoms. The number of rotatable bonds is 4.